The van der Waals surface area contributed by atoms with E-state index in [-0.39, 0.29) is 0 Å². The third-order valence-corrected chi connectivity index (χ3v) is 3.88. The van der Waals surface area contributed by atoms with E-state index in [2.05, 4.69) is 18.7 Å². The first kappa shape index (κ1) is 15.5. The molecule has 1 fully saturated rings. The van der Waals surface area contributed by atoms with Crippen LogP contribution in [0.1, 0.15) is 65.2 Å². The van der Waals surface area contributed by atoms with Gasteiger partial charge < -0.3 is 10.6 Å². The second kappa shape index (κ2) is 8.52. The average Bonchev–Trinajstić information content (AvgIpc) is 2.83. The molecular weight excluding hydrogens is 224 g/mol. The van der Waals surface area contributed by atoms with Gasteiger partial charge in [-0.1, -0.05) is 26.7 Å². The highest BCUT2D eigenvalue weighted by Crippen LogP contribution is 2.25. The van der Waals surface area contributed by atoms with Crippen molar-refractivity contribution in [1.29, 1.82) is 0 Å². The number of hydrogen-bond donors (Lipinski definition) is 1. The van der Waals surface area contributed by atoms with Crippen molar-refractivity contribution >= 4 is 5.91 Å². The molecule has 0 heterocycles. The molecule has 1 amide bonds. The van der Waals surface area contributed by atoms with E-state index in [1.54, 1.807) is 0 Å². The third kappa shape index (κ3) is 5.38. The van der Waals surface area contributed by atoms with Crippen LogP contribution in [0.2, 0.25) is 0 Å². The summed E-state index contributed by atoms with van der Waals surface area (Å²) in [6, 6.07) is 0.522. The van der Waals surface area contributed by atoms with Crippen LogP contribution in [-0.2, 0) is 4.79 Å². The molecule has 0 spiro atoms. The van der Waals surface area contributed by atoms with Gasteiger partial charge in [-0.2, -0.15) is 0 Å². The Balaban J connectivity index is 2.44. The van der Waals surface area contributed by atoms with Crippen LogP contribution in [0.3, 0.4) is 0 Å². The van der Waals surface area contributed by atoms with Gasteiger partial charge in [0.2, 0.25) is 5.91 Å². The van der Waals surface area contributed by atoms with Crippen molar-refractivity contribution in [1.82, 2.24) is 4.90 Å². The zero-order chi connectivity index (χ0) is 13.4. The highest BCUT2D eigenvalue weighted by Gasteiger charge is 2.25. The van der Waals surface area contributed by atoms with Crippen molar-refractivity contribution in [2.45, 2.75) is 71.3 Å². The summed E-state index contributed by atoms with van der Waals surface area (Å²) in [7, 11) is 0. The van der Waals surface area contributed by atoms with Crippen LogP contribution in [0.4, 0.5) is 0 Å². The molecule has 0 atom stereocenters. The number of carbonyl (C=O) groups is 1. The van der Waals surface area contributed by atoms with E-state index < -0.39 is 0 Å². The smallest absolute Gasteiger partial charge is 0.222 e. The Hall–Kier alpha value is -0.570. The normalized spacial score (nSPS) is 16.4. The molecule has 1 rings (SSSR count). The highest BCUT2D eigenvalue weighted by molar-refractivity contribution is 5.76. The lowest BCUT2D eigenvalue weighted by molar-refractivity contribution is -0.133. The average molecular weight is 254 g/mol. The molecule has 0 unspecified atom stereocenters. The second-order valence-electron chi connectivity index (χ2n) is 5.95. The van der Waals surface area contributed by atoms with Crippen molar-refractivity contribution in [2.75, 3.05) is 13.1 Å². The number of nitrogens with zero attached hydrogens (tertiary/aromatic N) is 1. The van der Waals surface area contributed by atoms with Gasteiger partial charge in [-0.05, 0) is 44.6 Å². The summed E-state index contributed by atoms with van der Waals surface area (Å²) in [6.07, 6.45) is 8.72. The highest BCUT2D eigenvalue weighted by atomic mass is 16.2. The van der Waals surface area contributed by atoms with Crippen molar-refractivity contribution in [3.8, 4) is 0 Å². The Labute approximate surface area is 112 Å². The predicted octanol–water partition coefficient (Wildman–Crippen LogP) is 2.93. The van der Waals surface area contributed by atoms with E-state index in [1.165, 1.54) is 25.7 Å². The van der Waals surface area contributed by atoms with Gasteiger partial charge in [-0.15, -0.1) is 0 Å². The topological polar surface area (TPSA) is 46.3 Å². The molecule has 0 aromatic rings. The van der Waals surface area contributed by atoms with Gasteiger partial charge in [0.1, 0.15) is 0 Å². The quantitative estimate of drug-likeness (QED) is 0.677. The summed E-state index contributed by atoms with van der Waals surface area (Å²) < 4.78 is 0. The molecule has 0 aliphatic heterocycles. The molecule has 0 aromatic carbocycles. The van der Waals surface area contributed by atoms with Gasteiger partial charge in [0, 0.05) is 19.0 Å². The van der Waals surface area contributed by atoms with Crippen LogP contribution in [0.5, 0.6) is 0 Å². The van der Waals surface area contributed by atoms with Gasteiger partial charge >= 0.3 is 0 Å². The van der Waals surface area contributed by atoms with Crippen molar-refractivity contribution < 1.29 is 4.79 Å². The first-order valence-corrected chi connectivity index (χ1v) is 7.64. The van der Waals surface area contributed by atoms with Crippen molar-refractivity contribution in [3.05, 3.63) is 0 Å². The van der Waals surface area contributed by atoms with Gasteiger partial charge in [0.05, 0.1) is 0 Å². The van der Waals surface area contributed by atoms with Crippen LogP contribution in [0.25, 0.3) is 0 Å². The molecule has 2 N–H and O–H groups in total. The molecule has 3 nitrogen and oxygen atoms in total. The predicted molar refractivity (Wildman–Crippen MR) is 76.3 cm³/mol. The Bertz CT molecular complexity index is 235. The third-order valence-electron chi connectivity index (χ3n) is 3.88. The molecular formula is C15H30N2O. The number of rotatable bonds is 8. The van der Waals surface area contributed by atoms with E-state index in [9.17, 15) is 4.79 Å². The Morgan fingerprint density at radius 1 is 1.28 bits per heavy atom. The molecule has 0 bridgehead atoms. The SMILES string of the molecule is CC(C)CCN(C(=O)CCCCN)C1CCCC1. The monoisotopic (exact) mass is 254 g/mol. The van der Waals surface area contributed by atoms with Crippen LogP contribution < -0.4 is 5.73 Å². The lowest BCUT2D eigenvalue weighted by Crippen LogP contribution is -2.39. The van der Waals surface area contributed by atoms with E-state index >= 15 is 0 Å². The van der Waals surface area contributed by atoms with E-state index in [1.807, 2.05) is 0 Å². The number of unbranched alkanes of at least 4 members (excludes halogenated alkanes) is 1. The maximum absolute atomic E-state index is 12.3. The molecule has 3 heteroatoms. The molecule has 1 aliphatic rings. The summed E-state index contributed by atoms with van der Waals surface area (Å²) >= 11 is 0. The van der Waals surface area contributed by atoms with Gasteiger partial charge in [-0.3, -0.25) is 4.79 Å². The fourth-order valence-corrected chi connectivity index (χ4v) is 2.69. The fourth-order valence-electron chi connectivity index (χ4n) is 2.69. The summed E-state index contributed by atoms with van der Waals surface area (Å²) in [5.41, 5.74) is 5.49. The minimum Gasteiger partial charge on any atom is -0.340 e. The van der Waals surface area contributed by atoms with Crippen molar-refractivity contribution in [2.24, 2.45) is 11.7 Å². The van der Waals surface area contributed by atoms with Gasteiger partial charge in [-0.25, -0.2) is 0 Å². The number of amides is 1. The minimum absolute atomic E-state index is 0.357. The fraction of sp³-hybridized carbons (Fsp3) is 0.933. The van der Waals surface area contributed by atoms with E-state index in [0.29, 0.717) is 30.8 Å². The van der Waals surface area contributed by atoms with Crippen molar-refractivity contribution in [3.63, 3.8) is 0 Å². The lowest BCUT2D eigenvalue weighted by Gasteiger charge is -2.30. The molecule has 0 radical (unpaired) electrons. The summed E-state index contributed by atoms with van der Waals surface area (Å²) in [6.45, 7) is 6.10. The van der Waals surface area contributed by atoms with Crippen LogP contribution in [-0.4, -0.2) is 29.9 Å². The molecule has 1 saturated carbocycles. The maximum atomic E-state index is 12.3. The van der Waals surface area contributed by atoms with Crippen LogP contribution in [0, 0.1) is 5.92 Å². The first-order valence-electron chi connectivity index (χ1n) is 7.64. The Morgan fingerprint density at radius 2 is 1.94 bits per heavy atom. The number of nitrogens with two attached hydrogens (primary N) is 1. The maximum Gasteiger partial charge on any atom is 0.222 e. The largest absolute Gasteiger partial charge is 0.340 e. The Kier molecular flexibility index (Phi) is 7.33. The van der Waals surface area contributed by atoms with Gasteiger partial charge in [0.15, 0.2) is 0 Å². The Morgan fingerprint density at radius 3 is 2.50 bits per heavy atom. The van der Waals surface area contributed by atoms with Gasteiger partial charge in [0.25, 0.3) is 0 Å². The first-order chi connectivity index (χ1) is 8.65. The summed E-state index contributed by atoms with van der Waals surface area (Å²) in [5.74, 6) is 1.03. The molecule has 106 valence electrons. The molecule has 0 aromatic heterocycles. The minimum atomic E-state index is 0.357. The lowest BCUT2D eigenvalue weighted by atomic mass is 10.1. The molecule has 18 heavy (non-hydrogen) atoms. The summed E-state index contributed by atoms with van der Waals surface area (Å²) in [5, 5.41) is 0. The zero-order valence-corrected chi connectivity index (χ0v) is 12.2. The van der Waals surface area contributed by atoms with Crippen LogP contribution in [0.15, 0.2) is 0 Å². The zero-order valence-electron chi connectivity index (χ0n) is 12.2. The molecule has 1 aliphatic carbocycles. The second-order valence-corrected chi connectivity index (χ2v) is 5.95. The van der Waals surface area contributed by atoms with E-state index in [4.69, 9.17) is 5.73 Å². The standard InChI is InChI=1S/C15H30N2O/c1-13(2)10-12-17(14-7-3-4-8-14)15(18)9-5-6-11-16/h13-14H,3-12,16H2,1-2H3. The number of hydrogen-bond acceptors (Lipinski definition) is 2. The summed E-state index contributed by atoms with van der Waals surface area (Å²) in [4.78, 5) is 14.5. The van der Waals surface area contributed by atoms with E-state index in [0.717, 1.165) is 25.8 Å². The van der Waals surface area contributed by atoms with Crippen LogP contribution >= 0.6 is 0 Å². The molecule has 0 saturated heterocycles. The number of carbonyl (C=O) groups excluding carboxylic acids is 1.